The Balaban J connectivity index is 5.23. The Kier molecular flexibility index (Phi) is 70.3. The van der Waals surface area contributed by atoms with Crippen molar-refractivity contribution in [3.05, 3.63) is 0 Å². The molecular weight excluding hydrogens is 1290 g/mol. The standard InChI is InChI=1S/C80H156O17P2/c1-7-9-11-13-15-17-19-21-22-23-24-25-26-27-31-36-40-46-53-59-65-80(85)96-75(68-90-77(82)62-56-50-44-38-34-32-28-30-33-37-42-48-54-60-72(3)4)70-94-98(86,87)92-66-74(81)67-93-99(88,89)95-71-76(69-91-78(83)63-57-51-47-41-43-49-55-61-73(5)6)97-79(84)64-58-52-45-39-35-29-20-18-16-14-12-10-8-2/h72-76,81H,7-71H2,1-6H3,(H,86,87)(H,88,89)/t74-,75-,76-/m1/s1. The van der Waals surface area contributed by atoms with Crippen molar-refractivity contribution in [3.63, 3.8) is 0 Å². The summed E-state index contributed by atoms with van der Waals surface area (Å²) in [6.45, 7) is 9.59. The Morgan fingerprint density at radius 2 is 0.465 bits per heavy atom. The summed E-state index contributed by atoms with van der Waals surface area (Å²) in [7, 11) is -9.92. The molecule has 0 spiro atoms. The maximum atomic E-state index is 13.1. The van der Waals surface area contributed by atoms with Crippen LogP contribution in [0.1, 0.15) is 420 Å². The number of ether oxygens (including phenoxy) is 4. The van der Waals surface area contributed by atoms with Crippen molar-refractivity contribution in [3.8, 4) is 0 Å². The second-order valence-electron chi connectivity index (χ2n) is 29.8. The lowest BCUT2D eigenvalue weighted by Crippen LogP contribution is -2.30. The molecule has 0 heterocycles. The number of aliphatic hydroxyl groups excluding tert-OH is 1. The number of rotatable bonds is 79. The number of unbranched alkanes of at least 4 members (excludes halogenated alkanes) is 49. The van der Waals surface area contributed by atoms with Gasteiger partial charge in [0, 0.05) is 25.7 Å². The quantitative estimate of drug-likeness (QED) is 0.0222. The van der Waals surface area contributed by atoms with Gasteiger partial charge in [-0.25, -0.2) is 9.13 Å². The summed E-state index contributed by atoms with van der Waals surface area (Å²) in [6.07, 6.45) is 61.1. The number of phosphoric acid groups is 2. The second-order valence-corrected chi connectivity index (χ2v) is 32.7. The van der Waals surface area contributed by atoms with Crippen LogP contribution in [0.5, 0.6) is 0 Å². The van der Waals surface area contributed by atoms with Crippen molar-refractivity contribution in [2.24, 2.45) is 11.8 Å². The van der Waals surface area contributed by atoms with Crippen LogP contribution in [0.3, 0.4) is 0 Å². The van der Waals surface area contributed by atoms with Crippen LogP contribution in [-0.4, -0.2) is 96.7 Å². The molecule has 0 aliphatic carbocycles. The fraction of sp³-hybridized carbons (Fsp3) is 0.950. The highest BCUT2D eigenvalue weighted by Gasteiger charge is 2.30. The average molecular weight is 1450 g/mol. The van der Waals surface area contributed by atoms with E-state index in [1.807, 2.05) is 0 Å². The van der Waals surface area contributed by atoms with Crippen LogP contribution in [0.4, 0.5) is 0 Å². The molecule has 0 aromatic rings. The van der Waals surface area contributed by atoms with Crippen LogP contribution in [0.15, 0.2) is 0 Å². The smallest absolute Gasteiger partial charge is 0.462 e. The van der Waals surface area contributed by atoms with Gasteiger partial charge in [-0.1, -0.05) is 369 Å². The lowest BCUT2D eigenvalue weighted by molar-refractivity contribution is -0.161. The van der Waals surface area contributed by atoms with Gasteiger partial charge in [0.2, 0.25) is 0 Å². The summed E-state index contributed by atoms with van der Waals surface area (Å²) in [5, 5.41) is 10.6. The number of carbonyl (C=O) groups excluding carboxylic acids is 4. The first kappa shape index (κ1) is 97.1. The zero-order chi connectivity index (χ0) is 72.8. The molecule has 0 saturated carbocycles. The third-order valence-electron chi connectivity index (χ3n) is 18.7. The summed E-state index contributed by atoms with van der Waals surface area (Å²) in [5.41, 5.74) is 0. The average Bonchev–Trinajstić information content (AvgIpc) is 0.962. The molecule has 0 fully saturated rings. The van der Waals surface area contributed by atoms with E-state index in [-0.39, 0.29) is 25.7 Å². The van der Waals surface area contributed by atoms with E-state index < -0.39 is 97.5 Å². The van der Waals surface area contributed by atoms with E-state index in [0.29, 0.717) is 31.6 Å². The maximum absolute atomic E-state index is 13.1. The number of esters is 4. The van der Waals surface area contributed by atoms with Gasteiger partial charge in [-0.15, -0.1) is 0 Å². The van der Waals surface area contributed by atoms with Gasteiger partial charge in [0.25, 0.3) is 0 Å². The molecule has 0 rings (SSSR count). The summed E-state index contributed by atoms with van der Waals surface area (Å²) < 4.78 is 68.7. The first-order chi connectivity index (χ1) is 47.9. The van der Waals surface area contributed by atoms with Crippen LogP contribution in [0, 0.1) is 11.8 Å². The summed E-state index contributed by atoms with van der Waals surface area (Å²) >= 11 is 0. The summed E-state index contributed by atoms with van der Waals surface area (Å²) in [4.78, 5) is 73.0. The van der Waals surface area contributed by atoms with Crippen molar-refractivity contribution in [2.75, 3.05) is 39.6 Å². The number of aliphatic hydroxyl groups is 1. The van der Waals surface area contributed by atoms with Gasteiger partial charge < -0.3 is 33.8 Å². The Morgan fingerprint density at radius 1 is 0.273 bits per heavy atom. The van der Waals surface area contributed by atoms with Crippen molar-refractivity contribution in [1.82, 2.24) is 0 Å². The van der Waals surface area contributed by atoms with Crippen molar-refractivity contribution in [2.45, 2.75) is 439 Å². The molecule has 0 amide bonds. The predicted molar refractivity (Wildman–Crippen MR) is 405 cm³/mol. The molecule has 19 heteroatoms. The first-order valence-electron chi connectivity index (χ1n) is 41.5. The fourth-order valence-corrected chi connectivity index (χ4v) is 13.9. The fourth-order valence-electron chi connectivity index (χ4n) is 12.4. The van der Waals surface area contributed by atoms with Gasteiger partial charge in [0.05, 0.1) is 26.4 Å². The number of hydrogen-bond acceptors (Lipinski definition) is 15. The Hall–Kier alpha value is -1.94. The van der Waals surface area contributed by atoms with Crippen molar-refractivity contribution >= 4 is 39.5 Å². The van der Waals surface area contributed by atoms with E-state index in [1.54, 1.807) is 0 Å². The molecule has 99 heavy (non-hydrogen) atoms. The third-order valence-corrected chi connectivity index (χ3v) is 20.6. The second kappa shape index (κ2) is 71.7. The molecule has 0 bridgehead atoms. The van der Waals surface area contributed by atoms with Gasteiger partial charge in [-0.3, -0.25) is 37.3 Å². The van der Waals surface area contributed by atoms with Crippen LogP contribution in [0.25, 0.3) is 0 Å². The van der Waals surface area contributed by atoms with E-state index in [0.717, 1.165) is 102 Å². The molecule has 588 valence electrons. The zero-order valence-corrected chi connectivity index (χ0v) is 66.6. The van der Waals surface area contributed by atoms with E-state index >= 15 is 0 Å². The van der Waals surface area contributed by atoms with E-state index in [2.05, 4.69) is 41.5 Å². The van der Waals surface area contributed by atoms with E-state index in [4.69, 9.17) is 37.0 Å². The Morgan fingerprint density at radius 3 is 0.687 bits per heavy atom. The Labute approximate surface area is 607 Å². The minimum atomic E-state index is -4.96. The van der Waals surface area contributed by atoms with Gasteiger partial charge >= 0.3 is 39.5 Å². The maximum Gasteiger partial charge on any atom is 0.472 e. The van der Waals surface area contributed by atoms with E-state index in [9.17, 15) is 43.2 Å². The summed E-state index contributed by atoms with van der Waals surface area (Å²) in [5.74, 6) is -0.614. The number of carbonyl (C=O) groups is 4. The molecular formula is C80H156O17P2. The number of phosphoric ester groups is 2. The highest BCUT2D eigenvalue weighted by Crippen LogP contribution is 2.45. The zero-order valence-electron chi connectivity index (χ0n) is 64.8. The topological polar surface area (TPSA) is 237 Å². The lowest BCUT2D eigenvalue weighted by Gasteiger charge is -2.21. The normalized spacial score (nSPS) is 13.9. The van der Waals surface area contributed by atoms with Crippen molar-refractivity contribution < 1.29 is 80.2 Å². The molecule has 0 aromatic heterocycles. The lowest BCUT2D eigenvalue weighted by atomic mass is 10.0. The monoisotopic (exact) mass is 1450 g/mol. The van der Waals surface area contributed by atoms with Crippen molar-refractivity contribution in [1.29, 1.82) is 0 Å². The largest absolute Gasteiger partial charge is 0.472 e. The van der Waals surface area contributed by atoms with Gasteiger partial charge in [0.15, 0.2) is 12.2 Å². The van der Waals surface area contributed by atoms with Crippen LogP contribution < -0.4 is 0 Å². The van der Waals surface area contributed by atoms with Gasteiger partial charge in [0.1, 0.15) is 19.3 Å². The molecule has 0 aliphatic heterocycles. The first-order valence-corrected chi connectivity index (χ1v) is 44.5. The highest BCUT2D eigenvalue weighted by molar-refractivity contribution is 7.47. The molecule has 0 aliphatic rings. The summed E-state index contributed by atoms with van der Waals surface area (Å²) in [6, 6.07) is 0. The molecule has 0 radical (unpaired) electrons. The van der Waals surface area contributed by atoms with Gasteiger partial charge in [-0.2, -0.15) is 0 Å². The minimum absolute atomic E-state index is 0.107. The minimum Gasteiger partial charge on any atom is -0.462 e. The Bertz CT molecular complexity index is 1910. The molecule has 3 N–H and O–H groups in total. The predicted octanol–water partition coefficient (Wildman–Crippen LogP) is 23.9. The molecule has 2 unspecified atom stereocenters. The molecule has 17 nitrogen and oxygen atoms in total. The van der Waals surface area contributed by atoms with Gasteiger partial charge in [-0.05, 0) is 37.5 Å². The molecule has 0 aromatic carbocycles. The van der Waals surface area contributed by atoms with Crippen LogP contribution in [-0.2, 0) is 65.4 Å². The van der Waals surface area contributed by atoms with Crippen LogP contribution in [0.2, 0.25) is 0 Å². The van der Waals surface area contributed by atoms with E-state index in [1.165, 1.54) is 231 Å². The number of hydrogen-bond donors (Lipinski definition) is 3. The molecule has 0 saturated heterocycles. The highest BCUT2D eigenvalue weighted by atomic mass is 31.2. The molecule has 5 atom stereocenters. The van der Waals surface area contributed by atoms with Crippen LogP contribution >= 0.6 is 15.6 Å². The third kappa shape index (κ3) is 74.1. The SMILES string of the molecule is CCCCCCCCCCCCCCCCCCCCCCC(=O)O[C@H](COC(=O)CCCCCCCCCCCCCCCC(C)C)COP(=O)(O)OC[C@@H](O)COP(=O)(O)OC[C@@H](COC(=O)CCCCCCCCCC(C)C)OC(=O)CCCCCCCCCCCCCCC.